The van der Waals surface area contributed by atoms with Gasteiger partial charge in [0.2, 0.25) is 0 Å². The van der Waals surface area contributed by atoms with E-state index in [-0.39, 0.29) is 11.3 Å². The monoisotopic (exact) mass is 281 g/mol. The summed E-state index contributed by atoms with van der Waals surface area (Å²) in [5, 5.41) is 3.36. The highest BCUT2D eigenvalue weighted by atomic mass is 16.5. The molecule has 0 fully saturated rings. The van der Waals surface area contributed by atoms with Crippen LogP contribution in [0.25, 0.3) is 0 Å². The van der Waals surface area contributed by atoms with Gasteiger partial charge in [0.25, 0.3) is 0 Å². The predicted octanol–water partition coefficient (Wildman–Crippen LogP) is 2.36. The van der Waals surface area contributed by atoms with Crippen LogP contribution in [-0.2, 0) is 4.74 Å². The summed E-state index contributed by atoms with van der Waals surface area (Å²) in [7, 11) is 1.72. The molecule has 0 saturated heterocycles. The molecular formula is C14H27N5O. The fraction of sp³-hybridized carbons (Fsp3) is 0.714. The SMILES string of the molecule is COCCC(C)(C)CNc1cc(NN)nc(C(C)C)n1. The molecule has 4 N–H and O–H groups in total. The van der Waals surface area contributed by atoms with Crippen molar-refractivity contribution in [2.75, 3.05) is 31.0 Å². The molecule has 20 heavy (non-hydrogen) atoms. The van der Waals surface area contributed by atoms with Crippen molar-refractivity contribution in [3.63, 3.8) is 0 Å². The van der Waals surface area contributed by atoms with Crippen molar-refractivity contribution in [2.45, 2.75) is 40.0 Å². The summed E-state index contributed by atoms with van der Waals surface area (Å²) in [6, 6.07) is 1.82. The second kappa shape index (κ2) is 7.40. The van der Waals surface area contributed by atoms with E-state index in [2.05, 4.69) is 48.4 Å². The van der Waals surface area contributed by atoms with Crippen molar-refractivity contribution in [1.82, 2.24) is 9.97 Å². The lowest BCUT2D eigenvalue weighted by Gasteiger charge is -2.25. The molecule has 0 unspecified atom stereocenters. The van der Waals surface area contributed by atoms with Crippen LogP contribution in [0.15, 0.2) is 6.07 Å². The Bertz CT molecular complexity index is 420. The van der Waals surface area contributed by atoms with Gasteiger partial charge in [0.15, 0.2) is 0 Å². The Kier molecular flexibility index (Phi) is 6.16. The predicted molar refractivity (Wildman–Crippen MR) is 82.7 cm³/mol. The lowest BCUT2D eigenvalue weighted by molar-refractivity contribution is 0.157. The molecule has 0 aliphatic carbocycles. The van der Waals surface area contributed by atoms with Gasteiger partial charge < -0.3 is 15.5 Å². The molecule has 0 aromatic carbocycles. The first-order valence-electron chi connectivity index (χ1n) is 6.96. The zero-order chi connectivity index (χ0) is 15.2. The summed E-state index contributed by atoms with van der Waals surface area (Å²) in [6.45, 7) is 10.1. The average molecular weight is 281 g/mol. The van der Waals surface area contributed by atoms with Crippen LogP contribution in [0.2, 0.25) is 0 Å². The van der Waals surface area contributed by atoms with Crippen LogP contribution in [0.4, 0.5) is 11.6 Å². The molecule has 0 bridgehead atoms. The van der Waals surface area contributed by atoms with E-state index in [0.717, 1.165) is 31.2 Å². The maximum absolute atomic E-state index is 5.45. The van der Waals surface area contributed by atoms with Crippen molar-refractivity contribution in [2.24, 2.45) is 11.3 Å². The van der Waals surface area contributed by atoms with Crippen LogP contribution in [0.3, 0.4) is 0 Å². The highest BCUT2D eigenvalue weighted by Gasteiger charge is 2.18. The van der Waals surface area contributed by atoms with Crippen LogP contribution in [0, 0.1) is 5.41 Å². The zero-order valence-corrected chi connectivity index (χ0v) is 13.2. The van der Waals surface area contributed by atoms with E-state index in [1.54, 1.807) is 7.11 Å². The number of nitrogens with two attached hydrogens (primary N) is 1. The number of nitrogens with zero attached hydrogens (tertiary/aromatic N) is 2. The summed E-state index contributed by atoms with van der Waals surface area (Å²) >= 11 is 0. The summed E-state index contributed by atoms with van der Waals surface area (Å²) in [4.78, 5) is 8.85. The Labute approximate surface area is 121 Å². The van der Waals surface area contributed by atoms with Gasteiger partial charge in [0.1, 0.15) is 17.5 Å². The third kappa shape index (κ3) is 5.30. The summed E-state index contributed by atoms with van der Waals surface area (Å²) < 4.78 is 5.14. The lowest BCUT2D eigenvalue weighted by Crippen LogP contribution is -2.25. The van der Waals surface area contributed by atoms with Gasteiger partial charge in [-0.3, -0.25) is 0 Å². The molecule has 0 atom stereocenters. The van der Waals surface area contributed by atoms with Gasteiger partial charge in [-0.05, 0) is 11.8 Å². The van der Waals surface area contributed by atoms with Crippen molar-refractivity contribution < 1.29 is 4.74 Å². The number of nitrogen functional groups attached to an aromatic ring is 1. The molecule has 1 aromatic rings. The van der Waals surface area contributed by atoms with Gasteiger partial charge in [0, 0.05) is 32.2 Å². The van der Waals surface area contributed by atoms with Gasteiger partial charge in [-0.1, -0.05) is 27.7 Å². The summed E-state index contributed by atoms with van der Waals surface area (Å²) in [6.07, 6.45) is 0.987. The molecule has 114 valence electrons. The van der Waals surface area contributed by atoms with E-state index >= 15 is 0 Å². The maximum Gasteiger partial charge on any atom is 0.145 e. The number of rotatable bonds is 8. The van der Waals surface area contributed by atoms with E-state index in [9.17, 15) is 0 Å². The quantitative estimate of drug-likeness (QED) is 0.501. The van der Waals surface area contributed by atoms with Crippen molar-refractivity contribution in [3.8, 4) is 0 Å². The summed E-state index contributed by atoms with van der Waals surface area (Å²) in [5.41, 5.74) is 2.72. The molecule has 1 rings (SSSR count). The molecule has 0 saturated carbocycles. The Morgan fingerprint density at radius 3 is 2.50 bits per heavy atom. The third-order valence-corrected chi connectivity index (χ3v) is 3.14. The standard InChI is InChI=1S/C14H27N5O/c1-10(2)13-17-11(8-12(18-13)19-15)16-9-14(3,4)6-7-20-5/h8,10H,6-7,9,15H2,1-5H3,(H2,16,17,18,19). The Hall–Kier alpha value is -1.40. The van der Waals surface area contributed by atoms with Crippen LogP contribution < -0.4 is 16.6 Å². The van der Waals surface area contributed by atoms with Gasteiger partial charge in [0.05, 0.1) is 0 Å². The van der Waals surface area contributed by atoms with E-state index < -0.39 is 0 Å². The average Bonchev–Trinajstić information content (AvgIpc) is 2.42. The van der Waals surface area contributed by atoms with Crippen molar-refractivity contribution in [3.05, 3.63) is 11.9 Å². The highest BCUT2D eigenvalue weighted by molar-refractivity contribution is 5.47. The number of methoxy groups -OCH3 is 1. The Morgan fingerprint density at radius 2 is 1.95 bits per heavy atom. The van der Waals surface area contributed by atoms with E-state index in [4.69, 9.17) is 10.6 Å². The van der Waals surface area contributed by atoms with Crippen molar-refractivity contribution in [1.29, 1.82) is 0 Å². The molecular weight excluding hydrogens is 254 g/mol. The smallest absolute Gasteiger partial charge is 0.145 e. The highest BCUT2D eigenvalue weighted by Crippen LogP contribution is 2.22. The number of ether oxygens (including phenoxy) is 1. The molecule has 0 aliphatic rings. The topological polar surface area (TPSA) is 85.1 Å². The molecule has 6 nitrogen and oxygen atoms in total. The molecule has 0 amide bonds. The first-order chi connectivity index (χ1) is 9.38. The minimum absolute atomic E-state index is 0.134. The van der Waals surface area contributed by atoms with Crippen molar-refractivity contribution >= 4 is 11.6 Å². The second-order valence-corrected chi connectivity index (χ2v) is 6.06. The van der Waals surface area contributed by atoms with E-state index in [0.29, 0.717) is 5.82 Å². The Morgan fingerprint density at radius 1 is 1.30 bits per heavy atom. The van der Waals surface area contributed by atoms with E-state index in [1.807, 2.05) is 6.07 Å². The van der Waals surface area contributed by atoms with Crippen LogP contribution in [0.5, 0.6) is 0 Å². The normalized spacial score (nSPS) is 11.8. The number of hydrazine groups is 1. The van der Waals surface area contributed by atoms with Crippen LogP contribution >= 0.6 is 0 Å². The van der Waals surface area contributed by atoms with E-state index in [1.165, 1.54) is 0 Å². The second-order valence-electron chi connectivity index (χ2n) is 6.06. The first kappa shape index (κ1) is 16.7. The van der Waals surface area contributed by atoms with Gasteiger partial charge >= 0.3 is 0 Å². The number of anilines is 2. The molecule has 1 heterocycles. The molecule has 0 radical (unpaired) electrons. The van der Waals surface area contributed by atoms with Crippen LogP contribution in [0.1, 0.15) is 45.9 Å². The van der Waals surface area contributed by atoms with Gasteiger partial charge in [-0.15, -0.1) is 0 Å². The molecule has 0 aliphatic heterocycles. The lowest BCUT2D eigenvalue weighted by atomic mass is 9.90. The number of nitrogens with one attached hydrogen (secondary N) is 2. The van der Waals surface area contributed by atoms with Gasteiger partial charge in [-0.25, -0.2) is 15.8 Å². The number of hydrogen-bond acceptors (Lipinski definition) is 6. The fourth-order valence-corrected chi connectivity index (χ4v) is 1.69. The minimum Gasteiger partial charge on any atom is -0.385 e. The molecule has 0 spiro atoms. The summed E-state index contributed by atoms with van der Waals surface area (Å²) in [5.74, 6) is 7.90. The van der Waals surface area contributed by atoms with Gasteiger partial charge in [-0.2, -0.15) is 0 Å². The Balaban J connectivity index is 2.74. The first-order valence-corrected chi connectivity index (χ1v) is 6.96. The molecule has 6 heteroatoms. The molecule has 1 aromatic heterocycles. The fourth-order valence-electron chi connectivity index (χ4n) is 1.69. The largest absolute Gasteiger partial charge is 0.385 e. The zero-order valence-electron chi connectivity index (χ0n) is 13.2. The minimum atomic E-state index is 0.134. The third-order valence-electron chi connectivity index (χ3n) is 3.14. The number of aromatic nitrogens is 2. The number of hydrogen-bond donors (Lipinski definition) is 3. The van der Waals surface area contributed by atoms with Crippen LogP contribution in [-0.4, -0.2) is 30.2 Å². The maximum atomic E-state index is 5.45.